The lowest BCUT2D eigenvalue weighted by molar-refractivity contribution is 0.355. The molecule has 0 aliphatic heterocycles. The molecule has 0 aliphatic rings. The van der Waals surface area contributed by atoms with Crippen LogP contribution in [-0.2, 0) is 0 Å². The molecular formula is C16H21N3O2S. The number of nitrogens with zero attached hydrogens (tertiary/aromatic N) is 1. The lowest BCUT2D eigenvalue weighted by atomic mass is 10.1. The third-order valence-corrected chi connectivity index (χ3v) is 4.01. The van der Waals surface area contributed by atoms with Gasteiger partial charge in [-0.2, -0.15) is 11.3 Å². The zero-order valence-corrected chi connectivity index (χ0v) is 13.8. The summed E-state index contributed by atoms with van der Waals surface area (Å²) in [6.45, 7) is 2.78. The number of guanidine groups is 1. The third-order valence-electron chi connectivity index (χ3n) is 3.30. The minimum Gasteiger partial charge on any atom is -0.493 e. The largest absolute Gasteiger partial charge is 0.493 e. The first-order chi connectivity index (χ1) is 10.6. The second-order valence-corrected chi connectivity index (χ2v) is 5.66. The molecule has 0 radical (unpaired) electrons. The molecule has 3 N–H and O–H groups in total. The molecule has 1 heterocycles. The molecule has 2 rings (SSSR count). The van der Waals surface area contributed by atoms with Gasteiger partial charge in [-0.1, -0.05) is 6.92 Å². The van der Waals surface area contributed by atoms with Crippen LogP contribution in [0.5, 0.6) is 11.5 Å². The van der Waals surface area contributed by atoms with Gasteiger partial charge in [0.25, 0.3) is 0 Å². The number of nitrogens with one attached hydrogen (secondary N) is 1. The van der Waals surface area contributed by atoms with Crippen LogP contribution in [0.15, 0.2) is 40.0 Å². The highest BCUT2D eigenvalue weighted by Gasteiger charge is 2.07. The molecule has 0 fully saturated rings. The van der Waals surface area contributed by atoms with Gasteiger partial charge in [0.2, 0.25) is 0 Å². The zero-order valence-electron chi connectivity index (χ0n) is 13.0. The Kier molecular flexibility index (Phi) is 5.66. The van der Waals surface area contributed by atoms with Crippen molar-refractivity contribution in [3.63, 3.8) is 0 Å². The lowest BCUT2D eigenvalue weighted by Gasteiger charge is -2.11. The Balaban J connectivity index is 1.99. The topological polar surface area (TPSA) is 68.9 Å². The van der Waals surface area contributed by atoms with Crippen LogP contribution in [0.4, 0.5) is 5.69 Å². The smallest absolute Gasteiger partial charge is 0.193 e. The maximum Gasteiger partial charge on any atom is 0.193 e. The molecule has 0 bridgehead atoms. The number of methoxy groups -OCH3 is 2. The van der Waals surface area contributed by atoms with Gasteiger partial charge in [0.05, 0.1) is 14.2 Å². The molecule has 0 spiro atoms. The van der Waals surface area contributed by atoms with E-state index >= 15 is 0 Å². The van der Waals surface area contributed by atoms with Gasteiger partial charge in [-0.3, -0.25) is 4.99 Å². The van der Waals surface area contributed by atoms with Crippen LogP contribution in [-0.4, -0.2) is 26.7 Å². The first kappa shape index (κ1) is 16.2. The Morgan fingerprint density at radius 3 is 2.68 bits per heavy atom. The number of rotatable bonds is 6. The fourth-order valence-electron chi connectivity index (χ4n) is 2.00. The molecule has 1 aromatic carbocycles. The maximum absolute atomic E-state index is 5.94. The van der Waals surface area contributed by atoms with E-state index < -0.39 is 0 Å². The van der Waals surface area contributed by atoms with E-state index in [2.05, 4.69) is 34.1 Å². The number of nitrogens with two attached hydrogens (primary N) is 1. The van der Waals surface area contributed by atoms with E-state index in [4.69, 9.17) is 15.2 Å². The van der Waals surface area contributed by atoms with Gasteiger partial charge in [-0.25, -0.2) is 0 Å². The third kappa shape index (κ3) is 4.14. The predicted octanol–water partition coefficient (Wildman–Crippen LogP) is 3.30. The molecule has 0 saturated heterocycles. The summed E-state index contributed by atoms with van der Waals surface area (Å²) in [6.07, 6.45) is 0. The number of aliphatic imine (C=N–C) groups is 1. The highest BCUT2D eigenvalue weighted by Crippen LogP contribution is 2.29. The van der Waals surface area contributed by atoms with Crippen LogP contribution in [0.25, 0.3) is 0 Å². The molecule has 6 heteroatoms. The van der Waals surface area contributed by atoms with Gasteiger partial charge in [0, 0.05) is 24.2 Å². The summed E-state index contributed by atoms with van der Waals surface area (Å²) >= 11 is 1.69. The van der Waals surface area contributed by atoms with Gasteiger partial charge >= 0.3 is 0 Å². The SMILES string of the molecule is COc1ccc(NC(N)=NCC(C)c2ccsc2)cc1OC. The van der Waals surface area contributed by atoms with E-state index in [1.807, 2.05) is 18.2 Å². The van der Waals surface area contributed by atoms with Crippen molar-refractivity contribution in [3.05, 3.63) is 40.6 Å². The average Bonchev–Trinajstić information content (AvgIpc) is 3.07. The van der Waals surface area contributed by atoms with Crippen molar-refractivity contribution in [1.82, 2.24) is 0 Å². The van der Waals surface area contributed by atoms with Crippen molar-refractivity contribution >= 4 is 23.0 Å². The summed E-state index contributed by atoms with van der Waals surface area (Å²) in [5.41, 5.74) is 8.03. The minimum absolute atomic E-state index is 0.344. The molecule has 1 unspecified atom stereocenters. The number of ether oxygens (including phenoxy) is 2. The molecule has 0 amide bonds. The van der Waals surface area contributed by atoms with Crippen LogP contribution in [0, 0.1) is 0 Å². The van der Waals surface area contributed by atoms with Gasteiger partial charge in [0.15, 0.2) is 17.5 Å². The van der Waals surface area contributed by atoms with Gasteiger partial charge in [-0.15, -0.1) is 0 Å². The molecule has 2 aromatic rings. The number of hydrogen-bond acceptors (Lipinski definition) is 4. The molecule has 5 nitrogen and oxygen atoms in total. The van der Waals surface area contributed by atoms with Crippen LogP contribution in [0.2, 0.25) is 0 Å². The Bertz CT molecular complexity index is 626. The number of hydrogen-bond donors (Lipinski definition) is 2. The van der Waals surface area contributed by atoms with Crippen LogP contribution in [0.3, 0.4) is 0 Å². The molecule has 0 saturated carbocycles. The number of benzene rings is 1. The zero-order chi connectivity index (χ0) is 15.9. The summed E-state index contributed by atoms with van der Waals surface area (Å²) < 4.78 is 10.5. The Morgan fingerprint density at radius 1 is 1.27 bits per heavy atom. The fourth-order valence-corrected chi connectivity index (χ4v) is 2.78. The average molecular weight is 319 g/mol. The van der Waals surface area contributed by atoms with Crippen molar-refractivity contribution < 1.29 is 9.47 Å². The van der Waals surface area contributed by atoms with Crippen molar-refractivity contribution in [2.45, 2.75) is 12.8 Å². The Morgan fingerprint density at radius 2 is 2.05 bits per heavy atom. The summed E-state index contributed by atoms with van der Waals surface area (Å²) in [7, 11) is 3.20. The number of anilines is 1. The van der Waals surface area contributed by atoms with E-state index in [1.165, 1.54) is 5.56 Å². The molecular weight excluding hydrogens is 298 g/mol. The Hall–Kier alpha value is -2.21. The van der Waals surface area contributed by atoms with E-state index in [9.17, 15) is 0 Å². The standard InChI is InChI=1S/C16H21N3O2S/c1-11(12-6-7-22-10-12)9-18-16(17)19-13-4-5-14(20-2)15(8-13)21-3/h4-8,10-11H,9H2,1-3H3,(H3,17,18,19). The fraction of sp³-hybridized carbons (Fsp3) is 0.312. The minimum atomic E-state index is 0.344. The Labute approximate surface area is 134 Å². The van der Waals surface area contributed by atoms with Crippen molar-refractivity contribution in [1.29, 1.82) is 0 Å². The van der Waals surface area contributed by atoms with Gasteiger partial charge in [-0.05, 0) is 34.5 Å². The lowest BCUT2D eigenvalue weighted by Crippen LogP contribution is -2.23. The first-order valence-electron chi connectivity index (χ1n) is 6.95. The van der Waals surface area contributed by atoms with Crippen molar-refractivity contribution in [3.8, 4) is 11.5 Å². The molecule has 118 valence electrons. The van der Waals surface area contributed by atoms with E-state index in [-0.39, 0.29) is 0 Å². The molecule has 22 heavy (non-hydrogen) atoms. The maximum atomic E-state index is 5.94. The first-order valence-corrected chi connectivity index (χ1v) is 7.89. The molecule has 1 atom stereocenters. The van der Waals surface area contributed by atoms with Crippen LogP contribution in [0.1, 0.15) is 18.4 Å². The molecule has 0 aliphatic carbocycles. The number of thiophene rings is 1. The highest BCUT2D eigenvalue weighted by atomic mass is 32.1. The highest BCUT2D eigenvalue weighted by molar-refractivity contribution is 7.07. The van der Waals surface area contributed by atoms with Crippen molar-refractivity contribution in [2.24, 2.45) is 10.7 Å². The predicted molar refractivity (Wildman–Crippen MR) is 92.4 cm³/mol. The normalized spacial score (nSPS) is 12.8. The second kappa shape index (κ2) is 7.70. The quantitative estimate of drug-likeness (QED) is 0.633. The monoisotopic (exact) mass is 319 g/mol. The molecule has 1 aromatic heterocycles. The van der Waals surface area contributed by atoms with Crippen LogP contribution < -0.4 is 20.5 Å². The summed E-state index contributed by atoms with van der Waals surface area (Å²) in [5, 5.41) is 7.27. The van der Waals surface area contributed by atoms with Crippen molar-refractivity contribution in [2.75, 3.05) is 26.1 Å². The van der Waals surface area contributed by atoms with Gasteiger partial charge in [0.1, 0.15) is 0 Å². The van der Waals surface area contributed by atoms with E-state index in [1.54, 1.807) is 25.6 Å². The van der Waals surface area contributed by atoms with E-state index in [0.29, 0.717) is 29.9 Å². The van der Waals surface area contributed by atoms with Crippen LogP contribution >= 0.6 is 11.3 Å². The van der Waals surface area contributed by atoms with E-state index in [0.717, 1.165) is 5.69 Å². The van der Waals surface area contributed by atoms with Gasteiger partial charge < -0.3 is 20.5 Å². The summed E-state index contributed by atoms with van der Waals surface area (Å²) in [5.74, 6) is 2.05. The summed E-state index contributed by atoms with van der Waals surface area (Å²) in [4.78, 5) is 4.39. The second-order valence-electron chi connectivity index (χ2n) is 4.88. The summed E-state index contributed by atoms with van der Waals surface area (Å²) in [6, 6.07) is 7.63.